The summed E-state index contributed by atoms with van der Waals surface area (Å²) in [7, 11) is 0. The van der Waals surface area contributed by atoms with Gasteiger partial charge < -0.3 is 25.2 Å². The summed E-state index contributed by atoms with van der Waals surface area (Å²) in [5, 5.41) is 10.8. The maximum Gasteiger partial charge on any atom is 0.261 e. The summed E-state index contributed by atoms with van der Waals surface area (Å²) in [5.74, 6) is 1.72. The second-order valence-corrected chi connectivity index (χ2v) is 6.21. The van der Waals surface area contributed by atoms with Gasteiger partial charge in [-0.1, -0.05) is 0 Å². The predicted molar refractivity (Wildman–Crippen MR) is 87.5 cm³/mol. The van der Waals surface area contributed by atoms with Crippen LogP contribution in [0.4, 0.5) is 5.82 Å². The molecule has 0 unspecified atom stereocenters. The first-order valence-corrected chi connectivity index (χ1v) is 8.32. The first kappa shape index (κ1) is 16.1. The molecule has 126 valence electrons. The lowest BCUT2D eigenvalue weighted by Gasteiger charge is -2.25. The van der Waals surface area contributed by atoms with E-state index in [1.54, 1.807) is 0 Å². The lowest BCUT2D eigenvalue weighted by molar-refractivity contribution is 0.0659. The van der Waals surface area contributed by atoms with E-state index in [1.165, 1.54) is 0 Å². The number of rotatable bonds is 5. The number of aromatic nitrogens is 2. The van der Waals surface area contributed by atoms with Crippen LogP contribution in [-0.2, 0) is 15.9 Å². The molecule has 0 bridgehead atoms. The fourth-order valence-corrected chi connectivity index (χ4v) is 3.13. The lowest BCUT2D eigenvalue weighted by atomic mass is 9.96. The van der Waals surface area contributed by atoms with Crippen LogP contribution in [-0.4, -0.2) is 48.7 Å². The van der Waals surface area contributed by atoms with Crippen molar-refractivity contribution in [2.75, 3.05) is 31.7 Å². The zero-order valence-electron chi connectivity index (χ0n) is 13.3. The Morgan fingerprint density at radius 3 is 2.48 bits per heavy atom. The van der Waals surface area contributed by atoms with Crippen molar-refractivity contribution in [3.05, 3.63) is 21.7 Å². The van der Waals surface area contributed by atoms with Crippen LogP contribution in [0.1, 0.15) is 37.1 Å². The van der Waals surface area contributed by atoms with Crippen LogP contribution in [0.15, 0.2) is 4.79 Å². The number of nitrogens with one attached hydrogen (secondary N) is 3. The second kappa shape index (κ2) is 7.70. The number of ether oxygens (including phenoxy) is 2. The van der Waals surface area contributed by atoms with Crippen molar-refractivity contribution in [1.82, 2.24) is 9.97 Å². The minimum Gasteiger partial charge on any atom is -0.381 e. The summed E-state index contributed by atoms with van der Waals surface area (Å²) >= 11 is 0. The molecule has 7 heteroatoms. The number of anilines is 1. The molecule has 0 spiro atoms. The van der Waals surface area contributed by atoms with Crippen LogP contribution in [0.25, 0.3) is 0 Å². The van der Waals surface area contributed by atoms with Gasteiger partial charge in [0.15, 0.2) is 0 Å². The topological polar surface area (TPSA) is 100 Å². The molecule has 1 aromatic heterocycles. The Morgan fingerprint density at radius 2 is 1.83 bits per heavy atom. The Kier molecular flexibility index (Phi) is 5.40. The van der Waals surface area contributed by atoms with Crippen LogP contribution in [0.5, 0.6) is 0 Å². The van der Waals surface area contributed by atoms with Gasteiger partial charge in [0.2, 0.25) is 0 Å². The Morgan fingerprint density at radius 1 is 1.17 bits per heavy atom. The second-order valence-electron chi connectivity index (χ2n) is 6.21. The Hall–Kier alpha value is -1.73. The van der Waals surface area contributed by atoms with E-state index in [1.807, 2.05) is 0 Å². The normalized spacial score (nSPS) is 20.3. The molecular weight excluding hydrogens is 296 g/mol. The van der Waals surface area contributed by atoms with Gasteiger partial charge in [0.05, 0.1) is 5.56 Å². The molecule has 2 aliphatic heterocycles. The van der Waals surface area contributed by atoms with Crippen molar-refractivity contribution in [3.63, 3.8) is 0 Å². The van der Waals surface area contributed by atoms with Crippen LogP contribution >= 0.6 is 0 Å². The monoisotopic (exact) mass is 320 g/mol. The third-order valence-corrected chi connectivity index (χ3v) is 4.53. The van der Waals surface area contributed by atoms with Crippen LogP contribution < -0.4 is 10.9 Å². The van der Waals surface area contributed by atoms with Crippen molar-refractivity contribution >= 4 is 12.0 Å². The lowest BCUT2D eigenvalue weighted by Crippen LogP contribution is -2.31. The fourth-order valence-electron chi connectivity index (χ4n) is 3.13. The number of hydrogen-bond acceptors (Lipinski definition) is 6. The van der Waals surface area contributed by atoms with Crippen LogP contribution in [0.3, 0.4) is 0 Å². The molecule has 0 amide bonds. The molecule has 0 aliphatic carbocycles. The highest BCUT2D eigenvalue weighted by Gasteiger charge is 2.20. The van der Waals surface area contributed by atoms with E-state index < -0.39 is 0 Å². The molecule has 0 radical (unpaired) electrons. The van der Waals surface area contributed by atoms with E-state index in [0.29, 0.717) is 23.1 Å². The molecule has 3 heterocycles. The molecule has 7 nitrogen and oxygen atoms in total. The summed E-state index contributed by atoms with van der Waals surface area (Å²) in [6.07, 6.45) is 5.60. The van der Waals surface area contributed by atoms with E-state index in [4.69, 9.17) is 14.9 Å². The van der Waals surface area contributed by atoms with Gasteiger partial charge >= 0.3 is 0 Å². The maximum absolute atomic E-state index is 12.2. The highest BCUT2D eigenvalue weighted by molar-refractivity contribution is 5.83. The van der Waals surface area contributed by atoms with E-state index in [9.17, 15) is 4.79 Å². The Labute approximate surface area is 135 Å². The highest BCUT2D eigenvalue weighted by atomic mass is 16.5. The highest BCUT2D eigenvalue weighted by Crippen LogP contribution is 2.20. The van der Waals surface area contributed by atoms with E-state index in [2.05, 4.69) is 15.3 Å². The summed E-state index contributed by atoms with van der Waals surface area (Å²) in [6.45, 7) is 2.99. The van der Waals surface area contributed by atoms with Gasteiger partial charge in [0.25, 0.3) is 5.56 Å². The van der Waals surface area contributed by atoms with E-state index in [0.717, 1.165) is 64.7 Å². The summed E-state index contributed by atoms with van der Waals surface area (Å²) in [4.78, 5) is 19.7. The summed E-state index contributed by atoms with van der Waals surface area (Å²) in [5.41, 5.74) is 0.0545. The molecule has 0 saturated carbocycles. The SMILES string of the molecule is N=Cc1c(NC2CCOCC2)nc(CC2CCOCC2)[nH]c1=O. The molecular formula is C16H24N4O3. The van der Waals surface area contributed by atoms with Gasteiger partial charge in [-0.25, -0.2) is 4.98 Å². The smallest absolute Gasteiger partial charge is 0.261 e. The zero-order valence-corrected chi connectivity index (χ0v) is 13.3. The van der Waals surface area contributed by atoms with Gasteiger partial charge in [0, 0.05) is 45.1 Å². The molecule has 23 heavy (non-hydrogen) atoms. The third-order valence-electron chi connectivity index (χ3n) is 4.53. The zero-order chi connectivity index (χ0) is 16.1. The van der Waals surface area contributed by atoms with Gasteiger partial charge in [-0.15, -0.1) is 0 Å². The van der Waals surface area contributed by atoms with Crippen molar-refractivity contribution in [3.8, 4) is 0 Å². The van der Waals surface area contributed by atoms with E-state index >= 15 is 0 Å². The average molecular weight is 320 g/mol. The Bertz CT molecular complexity index is 589. The van der Waals surface area contributed by atoms with Crippen molar-refractivity contribution in [1.29, 1.82) is 5.41 Å². The first-order chi connectivity index (χ1) is 11.3. The molecule has 2 fully saturated rings. The fraction of sp³-hybridized carbons (Fsp3) is 0.688. The van der Waals surface area contributed by atoms with E-state index in [-0.39, 0.29) is 11.6 Å². The third kappa shape index (κ3) is 4.17. The van der Waals surface area contributed by atoms with Crippen molar-refractivity contribution < 1.29 is 9.47 Å². The molecule has 2 aliphatic rings. The number of nitrogens with zero attached hydrogens (tertiary/aromatic N) is 1. The quantitative estimate of drug-likeness (QED) is 0.711. The van der Waals surface area contributed by atoms with Gasteiger partial charge in [-0.3, -0.25) is 4.79 Å². The molecule has 1 aromatic rings. The molecule has 0 atom stereocenters. The molecule has 0 aromatic carbocycles. The average Bonchev–Trinajstić information content (AvgIpc) is 2.57. The number of hydrogen-bond donors (Lipinski definition) is 3. The summed E-state index contributed by atoms with van der Waals surface area (Å²) < 4.78 is 10.7. The first-order valence-electron chi connectivity index (χ1n) is 8.32. The van der Waals surface area contributed by atoms with Gasteiger partial charge in [-0.2, -0.15) is 0 Å². The standard InChI is InChI=1S/C16H24N4O3/c17-10-13-15(18-12-3-7-23-8-4-12)19-14(20-16(13)21)9-11-1-5-22-6-2-11/h10-12,17H,1-9H2,(H2,18,19,20,21). The van der Waals surface area contributed by atoms with Crippen molar-refractivity contribution in [2.24, 2.45) is 5.92 Å². The molecule has 2 saturated heterocycles. The molecule has 3 N–H and O–H groups in total. The van der Waals surface area contributed by atoms with Crippen molar-refractivity contribution in [2.45, 2.75) is 38.1 Å². The largest absolute Gasteiger partial charge is 0.381 e. The predicted octanol–water partition coefficient (Wildman–Crippen LogP) is 1.33. The minimum atomic E-state index is -0.244. The van der Waals surface area contributed by atoms with Gasteiger partial charge in [-0.05, 0) is 31.6 Å². The van der Waals surface area contributed by atoms with Gasteiger partial charge in [0.1, 0.15) is 11.6 Å². The Balaban J connectivity index is 1.77. The minimum absolute atomic E-state index is 0.243. The number of aromatic amines is 1. The van der Waals surface area contributed by atoms with Crippen LogP contribution in [0.2, 0.25) is 0 Å². The molecule has 3 rings (SSSR count). The number of H-pyrrole nitrogens is 1. The van der Waals surface area contributed by atoms with Crippen LogP contribution in [0, 0.1) is 11.3 Å². The summed E-state index contributed by atoms with van der Waals surface area (Å²) in [6, 6.07) is 0.243. The maximum atomic E-state index is 12.2.